The molecule has 0 saturated carbocycles. The maximum Gasteiger partial charge on any atom is 0.331 e. The van der Waals surface area contributed by atoms with Gasteiger partial charge in [-0.05, 0) is 13.3 Å². The van der Waals surface area contributed by atoms with Crippen LogP contribution in [0.2, 0.25) is 0 Å². The molecular weight excluding hydrogens is 200 g/mol. The molecule has 3 amide bonds. The van der Waals surface area contributed by atoms with Crippen LogP contribution in [0.25, 0.3) is 0 Å². The lowest BCUT2D eigenvalue weighted by Crippen LogP contribution is -2.33. The maximum atomic E-state index is 11.0. The van der Waals surface area contributed by atoms with Gasteiger partial charge in [0.2, 0.25) is 0 Å². The predicted octanol–water partition coefficient (Wildman–Crippen LogP) is 0.0792. The van der Waals surface area contributed by atoms with Gasteiger partial charge in [-0.3, -0.25) is 10.1 Å². The van der Waals surface area contributed by atoms with E-state index in [4.69, 9.17) is 4.74 Å². The number of carbonyl (C=O) groups is 3. The van der Waals surface area contributed by atoms with Gasteiger partial charge in [0.15, 0.2) is 0 Å². The second-order valence-electron chi connectivity index (χ2n) is 2.84. The zero-order valence-electron chi connectivity index (χ0n) is 8.65. The van der Waals surface area contributed by atoms with Gasteiger partial charge in [-0.1, -0.05) is 6.92 Å². The summed E-state index contributed by atoms with van der Waals surface area (Å²) in [6, 6.07) is -0.972. The number of hydrogen-bond acceptors (Lipinski definition) is 4. The van der Waals surface area contributed by atoms with Crippen molar-refractivity contribution in [1.82, 2.24) is 5.32 Å². The molecule has 0 aromatic heterocycles. The number of hydrogen-bond donors (Lipinski definition) is 2. The average Bonchev–Trinajstić information content (AvgIpc) is 2.13. The normalized spacial score (nSPS) is 12.1. The molecule has 0 aromatic carbocycles. The molecule has 0 fully saturated rings. The summed E-state index contributed by atoms with van der Waals surface area (Å²) >= 11 is 0. The fourth-order valence-electron chi connectivity index (χ4n) is 0.628. The van der Waals surface area contributed by atoms with E-state index >= 15 is 0 Å². The smallest absolute Gasteiger partial charge is 0.331 e. The minimum absolute atomic E-state index is 0.207. The number of urea groups is 1. The molecule has 1 atom stereocenters. The molecule has 0 bridgehead atoms. The summed E-state index contributed by atoms with van der Waals surface area (Å²) in [7, 11) is 0. The molecular formula is C9H14N2O4. The van der Waals surface area contributed by atoms with E-state index in [1.807, 2.05) is 6.92 Å². The first-order chi connectivity index (χ1) is 6.95. The number of ether oxygens (including phenoxy) is 1. The largest absolute Gasteiger partial charge is 0.460 e. The fourth-order valence-corrected chi connectivity index (χ4v) is 0.628. The molecule has 0 aromatic rings. The second-order valence-corrected chi connectivity index (χ2v) is 2.84. The Labute approximate surface area is 87.5 Å². The molecule has 0 spiro atoms. The topological polar surface area (TPSA) is 98.5 Å². The SMILES string of the molecule is CC[C@H](C)OC(=O)/C=C/C(=O)NC(N)=O. The quantitative estimate of drug-likeness (QED) is 0.511. The third-order valence-electron chi connectivity index (χ3n) is 1.51. The molecule has 6 nitrogen and oxygen atoms in total. The lowest BCUT2D eigenvalue weighted by Gasteiger charge is -2.07. The van der Waals surface area contributed by atoms with Crippen molar-refractivity contribution in [2.24, 2.45) is 5.73 Å². The lowest BCUT2D eigenvalue weighted by molar-refractivity contribution is -0.142. The van der Waals surface area contributed by atoms with Crippen LogP contribution in [0.1, 0.15) is 20.3 Å². The molecule has 15 heavy (non-hydrogen) atoms. The maximum absolute atomic E-state index is 11.0. The van der Waals surface area contributed by atoms with Crippen molar-refractivity contribution in [3.05, 3.63) is 12.2 Å². The van der Waals surface area contributed by atoms with Crippen LogP contribution in [0.5, 0.6) is 0 Å². The predicted molar refractivity (Wildman–Crippen MR) is 52.7 cm³/mol. The molecule has 0 aliphatic rings. The number of nitrogens with two attached hydrogens (primary N) is 1. The number of carbonyl (C=O) groups excluding carboxylic acids is 3. The van der Waals surface area contributed by atoms with Crippen molar-refractivity contribution in [3.63, 3.8) is 0 Å². The third-order valence-corrected chi connectivity index (χ3v) is 1.51. The Bertz CT molecular complexity index is 286. The van der Waals surface area contributed by atoms with Gasteiger partial charge in [-0.2, -0.15) is 0 Å². The van der Waals surface area contributed by atoms with E-state index in [9.17, 15) is 14.4 Å². The molecule has 0 rings (SSSR count). The summed E-state index contributed by atoms with van der Waals surface area (Å²) < 4.78 is 4.83. The van der Waals surface area contributed by atoms with Gasteiger partial charge in [-0.15, -0.1) is 0 Å². The van der Waals surface area contributed by atoms with Crippen LogP contribution in [0.3, 0.4) is 0 Å². The van der Waals surface area contributed by atoms with Crippen LogP contribution >= 0.6 is 0 Å². The van der Waals surface area contributed by atoms with Gasteiger partial charge in [0.1, 0.15) is 0 Å². The van der Waals surface area contributed by atoms with Crippen molar-refractivity contribution < 1.29 is 19.1 Å². The van der Waals surface area contributed by atoms with E-state index in [1.165, 1.54) is 0 Å². The number of imide groups is 1. The van der Waals surface area contributed by atoms with Gasteiger partial charge in [0, 0.05) is 12.2 Å². The minimum Gasteiger partial charge on any atom is -0.460 e. The highest BCUT2D eigenvalue weighted by Gasteiger charge is 2.05. The fraction of sp³-hybridized carbons (Fsp3) is 0.444. The summed E-state index contributed by atoms with van der Waals surface area (Å²) in [6.07, 6.45) is 2.30. The highest BCUT2D eigenvalue weighted by Crippen LogP contribution is 1.96. The highest BCUT2D eigenvalue weighted by atomic mass is 16.5. The van der Waals surface area contributed by atoms with Crippen LogP contribution in [-0.2, 0) is 14.3 Å². The summed E-state index contributed by atoms with van der Waals surface area (Å²) in [4.78, 5) is 32.0. The van der Waals surface area contributed by atoms with Gasteiger partial charge in [-0.25, -0.2) is 9.59 Å². The molecule has 0 unspecified atom stereocenters. The van der Waals surface area contributed by atoms with Crippen LogP contribution < -0.4 is 11.1 Å². The van der Waals surface area contributed by atoms with Gasteiger partial charge >= 0.3 is 12.0 Å². The molecule has 84 valence electrons. The first-order valence-corrected chi connectivity index (χ1v) is 4.44. The Hall–Kier alpha value is -1.85. The third kappa shape index (κ3) is 7.24. The Balaban J connectivity index is 4.00. The molecule has 0 radical (unpaired) electrons. The summed E-state index contributed by atoms with van der Waals surface area (Å²) in [5.41, 5.74) is 4.68. The van der Waals surface area contributed by atoms with E-state index in [-0.39, 0.29) is 6.10 Å². The first-order valence-electron chi connectivity index (χ1n) is 4.44. The standard InChI is InChI=1S/C9H14N2O4/c1-3-6(2)15-8(13)5-4-7(12)11-9(10)14/h4-6H,3H2,1-2H3,(H3,10,11,12,14)/b5-4+/t6-/m0/s1. The minimum atomic E-state index is -0.972. The van der Waals surface area contributed by atoms with Gasteiger partial charge in [0.05, 0.1) is 6.10 Å². The van der Waals surface area contributed by atoms with E-state index in [1.54, 1.807) is 12.2 Å². The lowest BCUT2D eigenvalue weighted by atomic mass is 10.3. The monoisotopic (exact) mass is 214 g/mol. The van der Waals surface area contributed by atoms with Gasteiger partial charge < -0.3 is 10.5 Å². The molecule has 0 heterocycles. The van der Waals surface area contributed by atoms with Gasteiger partial charge in [0.25, 0.3) is 5.91 Å². The molecule has 6 heteroatoms. The van der Waals surface area contributed by atoms with Crippen molar-refractivity contribution in [2.45, 2.75) is 26.4 Å². The number of primary amides is 1. The van der Waals surface area contributed by atoms with E-state index in [0.29, 0.717) is 6.42 Å². The Morgan fingerprint density at radius 2 is 2.00 bits per heavy atom. The molecule has 0 aliphatic carbocycles. The first kappa shape index (κ1) is 13.2. The summed E-state index contributed by atoms with van der Waals surface area (Å²) in [5.74, 6) is -1.40. The second kappa shape index (κ2) is 6.58. The Morgan fingerprint density at radius 3 is 2.47 bits per heavy atom. The number of rotatable bonds is 4. The van der Waals surface area contributed by atoms with Crippen LogP contribution in [0, 0.1) is 0 Å². The van der Waals surface area contributed by atoms with E-state index < -0.39 is 17.9 Å². The average molecular weight is 214 g/mol. The number of esters is 1. The molecule has 3 N–H and O–H groups in total. The van der Waals surface area contributed by atoms with E-state index in [2.05, 4.69) is 5.73 Å². The molecule has 0 saturated heterocycles. The Kier molecular flexibility index (Phi) is 5.77. The Morgan fingerprint density at radius 1 is 1.40 bits per heavy atom. The zero-order valence-corrected chi connectivity index (χ0v) is 8.65. The van der Waals surface area contributed by atoms with Crippen molar-refractivity contribution in [1.29, 1.82) is 0 Å². The highest BCUT2D eigenvalue weighted by molar-refractivity contribution is 6.02. The van der Waals surface area contributed by atoms with Crippen LogP contribution in [-0.4, -0.2) is 24.0 Å². The van der Waals surface area contributed by atoms with E-state index in [0.717, 1.165) is 12.2 Å². The van der Waals surface area contributed by atoms with Crippen molar-refractivity contribution in [2.75, 3.05) is 0 Å². The molecule has 0 aliphatic heterocycles. The van der Waals surface area contributed by atoms with Crippen LogP contribution in [0.4, 0.5) is 4.79 Å². The van der Waals surface area contributed by atoms with Crippen LogP contribution in [0.15, 0.2) is 12.2 Å². The number of amides is 3. The number of nitrogens with one attached hydrogen (secondary N) is 1. The van der Waals surface area contributed by atoms with Crippen molar-refractivity contribution in [3.8, 4) is 0 Å². The summed E-state index contributed by atoms with van der Waals surface area (Å²) in [5, 5.41) is 1.77. The zero-order chi connectivity index (χ0) is 11.8. The van der Waals surface area contributed by atoms with Crippen molar-refractivity contribution >= 4 is 17.9 Å². The summed E-state index contributed by atoms with van der Waals surface area (Å²) in [6.45, 7) is 3.59.